The molecule has 0 radical (unpaired) electrons. The van der Waals surface area contributed by atoms with Gasteiger partial charge in [0.2, 0.25) is 0 Å². The number of methoxy groups -OCH3 is 1. The Kier molecular flexibility index (Phi) is 2.59. The minimum absolute atomic E-state index is 0.0877. The van der Waals surface area contributed by atoms with Crippen molar-refractivity contribution in [3.8, 4) is 0 Å². The standard InChI is InChI=1S/C9H11N3O4/c1-16-9(15)7-10-4-12(11-7)6(8(13)14)5-2-3-5/h4-6H,2-3H2,1H3,(H,13,14). The van der Waals surface area contributed by atoms with Crippen LogP contribution in [0.25, 0.3) is 0 Å². The number of esters is 1. The molecule has 2 rings (SSSR count). The molecule has 0 amide bonds. The van der Waals surface area contributed by atoms with E-state index in [1.807, 2.05) is 0 Å². The Balaban J connectivity index is 2.22. The molecule has 0 bridgehead atoms. The smallest absolute Gasteiger partial charge is 0.377 e. The topological polar surface area (TPSA) is 94.3 Å². The Hall–Kier alpha value is -1.92. The van der Waals surface area contributed by atoms with Gasteiger partial charge in [-0.25, -0.2) is 19.3 Å². The molecule has 1 aliphatic carbocycles. The third kappa shape index (κ3) is 1.88. The van der Waals surface area contributed by atoms with Crippen LogP contribution in [0.2, 0.25) is 0 Å². The summed E-state index contributed by atoms with van der Waals surface area (Å²) in [4.78, 5) is 25.8. The van der Waals surface area contributed by atoms with Gasteiger partial charge in [-0.15, -0.1) is 5.10 Å². The van der Waals surface area contributed by atoms with Crippen molar-refractivity contribution < 1.29 is 19.4 Å². The van der Waals surface area contributed by atoms with Crippen LogP contribution in [-0.4, -0.2) is 38.9 Å². The average molecular weight is 225 g/mol. The predicted molar refractivity (Wildman–Crippen MR) is 50.8 cm³/mol. The zero-order valence-electron chi connectivity index (χ0n) is 8.66. The van der Waals surface area contributed by atoms with E-state index < -0.39 is 18.0 Å². The highest BCUT2D eigenvalue weighted by Gasteiger charge is 2.38. The largest absolute Gasteiger partial charge is 0.480 e. The lowest BCUT2D eigenvalue weighted by molar-refractivity contribution is -0.142. The summed E-state index contributed by atoms with van der Waals surface area (Å²) in [6, 6.07) is -0.731. The minimum Gasteiger partial charge on any atom is -0.480 e. The lowest BCUT2D eigenvalue weighted by Gasteiger charge is -2.09. The van der Waals surface area contributed by atoms with Crippen LogP contribution in [0.3, 0.4) is 0 Å². The first-order valence-corrected chi connectivity index (χ1v) is 4.85. The van der Waals surface area contributed by atoms with Crippen molar-refractivity contribution in [3.05, 3.63) is 12.2 Å². The van der Waals surface area contributed by atoms with Crippen molar-refractivity contribution >= 4 is 11.9 Å². The maximum absolute atomic E-state index is 11.1. The number of carboxylic acid groups (broad SMARTS) is 1. The van der Waals surface area contributed by atoms with Crippen molar-refractivity contribution in [1.82, 2.24) is 14.8 Å². The summed E-state index contributed by atoms with van der Waals surface area (Å²) in [5.41, 5.74) is 0. The molecule has 1 unspecified atom stereocenters. The van der Waals surface area contributed by atoms with Crippen molar-refractivity contribution in [1.29, 1.82) is 0 Å². The van der Waals surface area contributed by atoms with E-state index in [1.165, 1.54) is 18.1 Å². The Morgan fingerprint density at radius 3 is 2.81 bits per heavy atom. The molecule has 1 heterocycles. The third-order valence-corrected chi connectivity index (χ3v) is 2.48. The van der Waals surface area contributed by atoms with Gasteiger partial charge in [-0.2, -0.15) is 0 Å². The van der Waals surface area contributed by atoms with Gasteiger partial charge in [0.1, 0.15) is 6.33 Å². The Labute approximate surface area is 91.0 Å². The first-order valence-electron chi connectivity index (χ1n) is 4.85. The summed E-state index contributed by atoms with van der Waals surface area (Å²) in [5.74, 6) is -1.65. The lowest BCUT2D eigenvalue weighted by atomic mass is 10.2. The van der Waals surface area contributed by atoms with Gasteiger partial charge < -0.3 is 9.84 Å². The fourth-order valence-electron chi connectivity index (χ4n) is 1.54. The van der Waals surface area contributed by atoms with E-state index in [-0.39, 0.29) is 11.7 Å². The molecular formula is C9H11N3O4. The van der Waals surface area contributed by atoms with Crippen LogP contribution in [0.1, 0.15) is 29.5 Å². The number of rotatable bonds is 4. The predicted octanol–water partition coefficient (Wildman–Crippen LogP) is 0.100. The summed E-state index contributed by atoms with van der Waals surface area (Å²) in [6.45, 7) is 0. The summed E-state index contributed by atoms with van der Waals surface area (Å²) in [7, 11) is 1.22. The van der Waals surface area contributed by atoms with Crippen LogP contribution in [0, 0.1) is 5.92 Å². The SMILES string of the molecule is COC(=O)c1ncn(C(C(=O)O)C2CC2)n1. The van der Waals surface area contributed by atoms with Crippen LogP contribution in [0.4, 0.5) is 0 Å². The number of nitrogens with zero attached hydrogens (tertiary/aromatic N) is 3. The lowest BCUT2D eigenvalue weighted by Crippen LogP contribution is -2.22. The first-order chi connectivity index (χ1) is 7.63. The number of aromatic nitrogens is 3. The summed E-state index contributed by atoms with van der Waals surface area (Å²) in [6.07, 6.45) is 2.98. The first kappa shape index (κ1) is 10.6. The molecule has 1 aliphatic rings. The molecule has 0 aromatic carbocycles. The zero-order valence-corrected chi connectivity index (χ0v) is 8.66. The fourth-order valence-corrected chi connectivity index (χ4v) is 1.54. The molecule has 7 heteroatoms. The van der Waals surface area contributed by atoms with Crippen molar-refractivity contribution in [2.45, 2.75) is 18.9 Å². The number of hydrogen-bond donors (Lipinski definition) is 1. The molecule has 0 saturated heterocycles. The van der Waals surface area contributed by atoms with Gasteiger partial charge >= 0.3 is 11.9 Å². The van der Waals surface area contributed by atoms with Crippen LogP contribution in [-0.2, 0) is 9.53 Å². The molecule has 1 atom stereocenters. The molecule has 1 fully saturated rings. The van der Waals surface area contributed by atoms with Crippen molar-refractivity contribution in [3.63, 3.8) is 0 Å². The molecule has 16 heavy (non-hydrogen) atoms. The molecule has 7 nitrogen and oxygen atoms in total. The zero-order chi connectivity index (χ0) is 11.7. The molecule has 1 aromatic rings. The number of carbonyl (C=O) groups excluding carboxylic acids is 1. The van der Waals surface area contributed by atoms with Crippen molar-refractivity contribution in [2.24, 2.45) is 5.92 Å². The molecule has 86 valence electrons. The Bertz CT molecular complexity index is 424. The summed E-state index contributed by atoms with van der Waals surface area (Å²) < 4.78 is 5.66. The second-order valence-corrected chi connectivity index (χ2v) is 3.66. The van der Waals surface area contributed by atoms with E-state index in [1.54, 1.807) is 0 Å². The monoisotopic (exact) mass is 225 g/mol. The highest BCUT2D eigenvalue weighted by Crippen LogP contribution is 2.39. The van der Waals surface area contributed by atoms with Crippen LogP contribution < -0.4 is 0 Å². The highest BCUT2D eigenvalue weighted by atomic mass is 16.5. The van der Waals surface area contributed by atoms with Gasteiger partial charge in [0.15, 0.2) is 6.04 Å². The van der Waals surface area contributed by atoms with E-state index in [0.29, 0.717) is 0 Å². The van der Waals surface area contributed by atoms with Gasteiger partial charge in [-0.1, -0.05) is 0 Å². The highest BCUT2D eigenvalue weighted by molar-refractivity contribution is 5.84. The quantitative estimate of drug-likeness (QED) is 0.730. The molecule has 1 N–H and O–H groups in total. The average Bonchev–Trinajstić information content (AvgIpc) is 2.94. The van der Waals surface area contributed by atoms with Crippen molar-refractivity contribution in [2.75, 3.05) is 7.11 Å². The number of ether oxygens (including phenoxy) is 1. The normalized spacial score (nSPS) is 16.8. The van der Waals surface area contributed by atoms with Crippen LogP contribution >= 0.6 is 0 Å². The summed E-state index contributed by atoms with van der Waals surface area (Å²) in [5, 5.41) is 12.9. The number of carboxylic acids is 1. The maximum atomic E-state index is 11.1. The number of hydrogen-bond acceptors (Lipinski definition) is 5. The van der Waals surface area contributed by atoms with E-state index in [9.17, 15) is 9.59 Å². The van der Waals surface area contributed by atoms with Gasteiger partial charge in [0.25, 0.3) is 5.82 Å². The molecule has 1 saturated carbocycles. The Morgan fingerprint density at radius 2 is 2.31 bits per heavy atom. The Morgan fingerprint density at radius 1 is 1.62 bits per heavy atom. The van der Waals surface area contributed by atoms with Gasteiger partial charge in [-0.05, 0) is 18.8 Å². The van der Waals surface area contributed by atoms with Gasteiger partial charge in [-0.3, -0.25) is 0 Å². The molecule has 1 aromatic heterocycles. The molecule has 0 aliphatic heterocycles. The van der Waals surface area contributed by atoms with E-state index in [4.69, 9.17) is 5.11 Å². The van der Waals surface area contributed by atoms with E-state index in [0.717, 1.165) is 12.8 Å². The number of carbonyl (C=O) groups is 2. The van der Waals surface area contributed by atoms with Crippen LogP contribution in [0.15, 0.2) is 6.33 Å². The number of aliphatic carboxylic acids is 1. The second kappa shape index (κ2) is 3.92. The second-order valence-electron chi connectivity index (χ2n) is 3.66. The van der Waals surface area contributed by atoms with Gasteiger partial charge in [0.05, 0.1) is 7.11 Å². The minimum atomic E-state index is -0.955. The molecular weight excluding hydrogens is 214 g/mol. The fraction of sp³-hybridized carbons (Fsp3) is 0.556. The molecule has 0 spiro atoms. The van der Waals surface area contributed by atoms with Gasteiger partial charge in [0, 0.05) is 0 Å². The summed E-state index contributed by atoms with van der Waals surface area (Å²) >= 11 is 0. The van der Waals surface area contributed by atoms with E-state index >= 15 is 0 Å². The van der Waals surface area contributed by atoms with E-state index in [2.05, 4.69) is 14.8 Å². The van der Waals surface area contributed by atoms with Crippen LogP contribution in [0.5, 0.6) is 0 Å². The maximum Gasteiger partial charge on any atom is 0.377 e. The third-order valence-electron chi connectivity index (χ3n) is 2.48.